The third-order valence-corrected chi connectivity index (χ3v) is 3.05. The van der Waals surface area contributed by atoms with Crippen molar-refractivity contribution in [3.63, 3.8) is 0 Å². The fourth-order valence-corrected chi connectivity index (χ4v) is 1.97. The molecule has 1 aromatic carbocycles. The van der Waals surface area contributed by atoms with Gasteiger partial charge in [0, 0.05) is 24.7 Å². The lowest BCUT2D eigenvalue weighted by Crippen LogP contribution is -2.44. The van der Waals surface area contributed by atoms with Crippen molar-refractivity contribution in [2.24, 2.45) is 4.99 Å². The number of ether oxygens (including phenoxy) is 2. The minimum atomic E-state index is -0.0330. The molecule has 1 aromatic rings. The molecule has 2 unspecified atom stereocenters. The first kappa shape index (κ1) is 18.6. The van der Waals surface area contributed by atoms with Gasteiger partial charge in [-0.15, -0.1) is 0 Å². The number of nitrogens with zero attached hydrogens (tertiary/aromatic N) is 1. The van der Waals surface area contributed by atoms with Crippen LogP contribution in [0.2, 0.25) is 5.02 Å². The molecule has 6 heteroatoms. The molecule has 0 saturated heterocycles. The van der Waals surface area contributed by atoms with Crippen LogP contribution in [0.5, 0.6) is 5.75 Å². The van der Waals surface area contributed by atoms with E-state index < -0.39 is 0 Å². The zero-order valence-corrected chi connectivity index (χ0v) is 14.5. The van der Waals surface area contributed by atoms with Crippen molar-refractivity contribution in [3.05, 3.63) is 29.3 Å². The molecule has 0 spiro atoms. The minimum absolute atomic E-state index is 0.0330. The first-order valence-corrected chi connectivity index (χ1v) is 7.89. The molecule has 0 saturated carbocycles. The fourth-order valence-electron chi connectivity index (χ4n) is 1.85. The predicted molar refractivity (Wildman–Crippen MR) is 92.0 cm³/mol. The van der Waals surface area contributed by atoms with Crippen LogP contribution in [0, 0.1) is 0 Å². The first-order chi connectivity index (χ1) is 10.5. The summed E-state index contributed by atoms with van der Waals surface area (Å²) in [5.74, 6) is 1.55. The standard InChI is InChI=1S/C16H26ClN3O2/c1-5-18-16(20-12(2)11-21-4)19-10-13(3)22-15-8-6-14(17)7-9-15/h6-9,12-13H,5,10-11H2,1-4H3,(H2,18,19,20). The molecule has 2 atom stereocenters. The summed E-state index contributed by atoms with van der Waals surface area (Å²) in [6, 6.07) is 7.52. The van der Waals surface area contributed by atoms with Crippen LogP contribution in [0.25, 0.3) is 0 Å². The summed E-state index contributed by atoms with van der Waals surface area (Å²) in [6.45, 7) is 8.05. The monoisotopic (exact) mass is 327 g/mol. The SMILES string of the molecule is CCNC(=NCC(C)Oc1ccc(Cl)cc1)NC(C)COC. The summed E-state index contributed by atoms with van der Waals surface area (Å²) >= 11 is 5.86. The number of hydrogen-bond donors (Lipinski definition) is 2. The van der Waals surface area contributed by atoms with Crippen molar-refractivity contribution in [3.8, 4) is 5.75 Å². The molecule has 1 rings (SSSR count). The Morgan fingerprint density at radius 1 is 1.27 bits per heavy atom. The molecule has 0 aliphatic heterocycles. The van der Waals surface area contributed by atoms with Gasteiger partial charge in [-0.2, -0.15) is 0 Å². The van der Waals surface area contributed by atoms with Gasteiger partial charge >= 0.3 is 0 Å². The third kappa shape index (κ3) is 7.52. The zero-order chi connectivity index (χ0) is 16.4. The van der Waals surface area contributed by atoms with Crippen LogP contribution < -0.4 is 15.4 Å². The van der Waals surface area contributed by atoms with Crippen molar-refractivity contribution < 1.29 is 9.47 Å². The molecular weight excluding hydrogens is 302 g/mol. The Kier molecular flexibility index (Phi) is 8.70. The Morgan fingerprint density at radius 2 is 1.95 bits per heavy atom. The van der Waals surface area contributed by atoms with E-state index in [4.69, 9.17) is 21.1 Å². The molecule has 0 amide bonds. The van der Waals surface area contributed by atoms with Gasteiger partial charge in [0.2, 0.25) is 0 Å². The Hall–Kier alpha value is -1.46. The van der Waals surface area contributed by atoms with Gasteiger partial charge in [-0.3, -0.25) is 0 Å². The van der Waals surface area contributed by atoms with Gasteiger partial charge in [0.25, 0.3) is 0 Å². The van der Waals surface area contributed by atoms with Crippen LogP contribution in [-0.4, -0.2) is 44.9 Å². The normalized spacial score (nSPS) is 14.3. The Bertz CT molecular complexity index is 451. The average molecular weight is 328 g/mol. The molecule has 0 radical (unpaired) electrons. The highest BCUT2D eigenvalue weighted by atomic mass is 35.5. The van der Waals surface area contributed by atoms with Gasteiger partial charge in [0.1, 0.15) is 11.9 Å². The first-order valence-electron chi connectivity index (χ1n) is 7.51. The van der Waals surface area contributed by atoms with E-state index >= 15 is 0 Å². The molecule has 124 valence electrons. The predicted octanol–water partition coefficient (Wildman–Crippen LogP) is 2.70. The summed E-state index contributed by atoms with van der Waals surface area (Å²) in [6.07, 6.45) is -0.0330. The minimum Gasteiger partial charge on any atom is -0.489 e. The lowest BCUT2D eigenvalue weighted by molar-refractivity contribution is 0.179. The van der Waals surface area contributed by atoms with E-state index in [-0.39, 0.29) is 12.1 Å². The number of benzene rings is 1. The lowest BCUT2D eigenvalue weighted by atomic mass is 10.3. The van der Waals surface area contributed by atoms with Crippen LogP contribution in [0.3, 0.4) is 0 Å². The Morgan fingerprint density at radius 3 is 2.55 bits per heavy atom. The molecule has 0 heterocycles. The number of aliphatic imine (C=N–C) groups is 1. The highest BCUT2D eigenvalue weighted by Gasteiger charge is 2.07. The summed E-state index contributed by atoms with van der Waals surface area (Å²) in [5.41, 5.74) is 0. The van der Waals surface area contributed by atoms with Crippen LogP contribution in [-0.2, 0) is 4.74 Å². The quantitative estimate of drug-likeness (QED) is 0.569. The number of guanidine groups is 1. The van der Waals surface area contributed by atoms with Crippen LogP contribution in [0.1, 0.15) is 20.8 Å². The second-order valence-corrected chi connectivity index (χ2v) is 5.54. The summed E-state index contributed by atoms with van der Waals surface area (Å²) in [5, 5.41) is 7.19. The van der Waals surface area contributed by atoms with Crippen molar-refractivity contribution in [2.75, 3.05) is 26.8 Å². The molecule has 0 aliphatic rings. The van der Waals surface area contributed by atoms with Gasteiger partial charge < -0.3 is 20.1 Å². The fraction of sp³-hybridized carbons (Fsp3) is 0.562. The van der Waals surface area contributed by atoms with Crippen LogP contribution in [0.4, 0.5) is 0 Å². The van der Waals surface area contributed by atoms with E-state index in [1.807, 2.05) is 45.0 Å². The maximum absolute atomic E-state index is 5.86. The van der Waals surface area contributed by atoms with E-state index in [1.54, 1.807) is 7.11 Å². The van der Waals surface area contributed by atoms with Gasteiger partial charge in [0.15, 0.2) is 5.96 Å². The third-order valence-electron chi connectivity index (χ3n) is 2.80. The molecule has 22 heavy (non-hydrogen) atoms. The van der Waals surface area contributed by atoms with Crippen LogP contribution >= 0.6 is 11.6 Å². The van der Waals surface area contributed by atoms with E-state index in [9.17, 15) is 0 Å². The van der Waals surface area contributed by atoms with E-state index in [0.717, 1.165) is 18.3 Å². The van der Waals surface area contributed by atoms with E-state index in [2.05, 4.69) is 15.6 Å². The Labute approximate surface area is 138 Å². The van der Waals surface area contributed by atoms with Gasteiger partial charge in [0.05, 0.1) is 13.2 Å². The molecule has 5 nitrogen and oxygen atoms in total. The number of nitrogens with one attached hydrogen (secondary N) is 2. The maximum Gasteiger partial charge on any atom is 0.191 e. The average Bonchev–Trinajstić information content (AvgIpc) is 2.48. The second-order valence-electron chi connectivity index (χ2n) is 5.10. The highest BCUT2D eigenvalue weighted by molar-refractivity contribution is 6.30. The number of hydrogen-bond acceptors (Lipinski definition) is 3. The lowest BCUT2D eigenvalue weighted by Gasteiger charge is -2.18. The Balaban J connectivity index is 2.51. The topological polar surface area (TPSA) is 54.9 Å². The number of halogens is 1. The van der Waals surface area contributed by atoms with Gasteiger partial charge in [-0.1, -0.05) is 11.6 Å². The number of rotatable bonds is 8. The maximum atomic E-state index is 5.86. The summed E-state index contributed by atoms with van der Waals surface area (Å²) in [4.78, 5) is 4.54. The van der Waals surface area contributed by atoms with Crippen molar-refractivity contribution in [1.29, 1.82) is 0 Å². The van der Waals surface area contributed by atoms with Gasteiger partial charge in [-0.25, -0.2) is 4.99 Å². The van der Waals surface area contributed by atoms with E-state index in [1.165, 1.54) is 0 Å². The van der Waals surface area contributed by atoms with Crippen molar-refractivity contribution in [2.45, 2.75) is 32.9 Å². The van der Waals surface area contributed by atoms with Crippen molar-refractivity contribution >= 4 is 17.6 Å². The number of methoxy groups -OCH3 is 1. The summed E-state index contributed by atoms with van der Waals surface area (Å²) in [7, 11) is 1.68. The second kappa shape index (κ2) is 10.3. The van der Waals surface area contributed by atoms with Gasteiger partial charge in [-0.05, 0) is 45.0 Å². The zero-order valence-electron chi connectivity index (χ0n) is 13.7. The smallest absolute Gasteiger partial charge is 0.191 e. The summed E-state index contributed by atoms with van der Waals surface area (Å²) < 4.78 is 10.9. The van der Waals surface area contributed by atoms with E-state index in [0.29, 0.717) is 18.2 Å². The molecular formula is C16H26ClN3O2. The van der Waals surface area contributed by atoms with Crippen molar-refractivity contribution in [1.82, 2.24) is 10.6 Å². The molecule has 0 bridgehead atoms. The molecule has 0 fully saturated rings. The largest absolute Gasteiger partial charge is 0.489 e. The molecule has 0 aliphatic carbocycles. The van der Waals surface area contributed by atoms with Crippen LogP contribution in [0.15, 0.2) is 29.3 Å². The molecule has 2 N–H and O–H groups in total. The highest BCUT2D eigenvalue weighted by Crippen LogP contribution is 2.16. The molecule has 0 aromatic heterocycles.